The highest BCUT2D eigenvalue weighted by Crippen LogP contribution is 2.51. The Hall–Kier alpha value is -2.15. The molecule has 1 aromatic carbocycles. The number of rotatable bonds is 6. The Morgan fingerprint density at radius 3 is 2.58 bits per heavy atom. The van der Waals surface area contributed by atoms with Gasteiger partial charge in [0, 0.05) is 24.0 Å². The largest absolute Gasteiger partial charge is 0.494 e. The average molecular weight is 339 g/mol. The first-order chi connectivity index (χ1) is 11.2. The van der Waals surface area contributed by atoms with Crippen molar-refractivity contribution in [1.29, 1.82) is 0 Å². The fourth-order valence-corrected chi connectivity index (χ4v) is 3.10. The van der Waals surface area contributed by atoms with Crippen LogP contribution in [-0.4, -0.2) is 42.3 Å². The van der Waals surface area contributed by atoms with Crippen LogP contribution in [0.4, 0.5) is 4.39 Å². The van der Waals surface area contributed by atoms with E-state index in [2.05, 4.69) is 5.32 Å². The topological polar surface area (TPSA) is 84.9 Å². The van der Waals surface area contributed by atoms with E-state index < -0.39 is 28.6 Å². The molecule has 0 heterocycles. The van der Waals surface area contributed by atoms with Gasteiger partial charge < -0.3 is 19.9 Å². The minimum Gasteiger partial charge on any atom is -0.494 e. The standard InChI is InChI=1S/C17H22FNO5/c1-5-24-13-9-17(15(21)22,16(13,2)3)19-14(20)10-6-7-11(18)12(8-10)23-4/h6-8,13H,5,9H2,1-4H3,(H,19,20)(H,21,22). The minimum absolute atomic E-state index is 0.0768. The third kappa shape index (κ3) is 2.73. The van der Waals surface area contributed by atoms with E-state index in [1.165, 1.54) is 19.2 Å². The summed E-state index contributed by atoms with van der Waals surface area (Å²) in [6, 6.07) is 3.64. The number of benzene rings is 1. The van der Waals surface area contributed by atoms with Crippen LogP contribution in [0.2, 0.25) is 0 Å². The average Bonchev–Trinajstić information content (AvgIpc) is 2.53. The molecule has 1 aliphatic rings. The van der Waals surface area contributed by atoms with Crippen molar-refractivity contribution in [2.75, 3.05) is 13.7 Å². The predicted molar refractivity (Wildman–Crippen MR) is 84.6 cm³/mol. The predicted octanol–water partition coefficient (Wildman–Crippen LogP) is 2.22. The van der Waals surface area contributed by atoms with Crippen molar-refractivity contribution in [3.8, 4) is 5.75 Å². The molecule has 2 atom stereocenters. The SMILES string of the molecule is CCOC1CC(NC(=O)c2ccc(F)c(OC)c2)(C(=O)O)C1(C)C. The number of amides is 1. The van der Waals surface area contributed by atoms with Gasteiger partial charge >= 0.3 is 5.97 Å². The van der Waals surface area contributed by atoms with E-state index in [-0.39, 0.29) is 23.8 Å². The number of carboxylic acids is 1. The number of carbonyl (C=O) groups is 2. The Morgan fingerprint density at radius 2 is 2.08 bits per heavy atom. The molecule has 1 saturated carbocycles. The van der Waals surface area contributed by atoms with Crippen LogP contribution in [0.3, 0.4) is 0 Å². The molecule has 2 rings (SSSR count). The zero-order valence-electron chi connectivity index (χ0n) is 14.2. The molecule has 0 saturated heterocycles. The maximum Gasteiger partial charge on any atom is 0.330 e. The summed E-state index contributed by atoms with van der Waals surface area (Å²) >= 11 is 0. The van der Waals surface area contributed by atoms with Crippen molar-refractivity contribution in [1.82, 2.24) is 5.32 Å². The van der Waals surface area contributed by atoms with Gasteiger partial charge in [-0.1, -0.05) is 13.8 Å². The summed E-state index contributed by atoms with van der Waals surface area (Å²) in [7, 11) is 1.29. The molecular formula is C17H22FNO5. The van der Waals surface area contributed by atoms with E-state index in [1.807, 2.05) is 6.92 Å². The molecule has 1 aliphatic carbocycles. The molecular weight excluding hydrogens is 317 g/mol. The van der Waals surface area contributed by atoms with E-state index in [4.69, 9.17) is 9.47 Å². The fourth-order valence-electron chi connectivity index (χ4n) is 3.10. The highest BCUT2D eigenvalue weighted by Gasteiger charge is 2.66. The summed E-state index contributed by atoms with van der Waals surface area (Å²) in [5.41, 5.74) is -2.09. The highest BCUT2D eigenvalue weighted by molar-refractivity contribution is 5.99. The van der Waals surface area contributed by atoms with Gasteiger partial charge in [0.1, 0.15) is 5.54 Å². The van der Waals surface area contributed by atoms with Crippen LogP contribution in [0.25, 0.3) is 0 Å². The number of hydrogen-bond donors (Lipinski definition) is 2. The second-order valence-electron chi connectivity index (χ2n) is 6.38. The lowest BCUT2D eigenvalue weighted by molar-refractivity contribution is -0.190. The molecule has 24 heavy (non-hydrogen) atoms. The Bertz CT molecular complexity index is 660. The Labute approximate surface area is 139 Å². The van der Waals surface area contributed by atoms with Crippen LogP contribution in [0, 0.1) is 11.2 Å². The number of aliphatic carboxylic acids is 1. The van der Waals surface area contributed by atoms with Gasteiger partial charge in [-0.05, 0) is 25.1 Å². The maximum atomic E-state index is 13.5. The molecule has 0 radical (unpaired) electrons. The molecule has 0 aliphatic heterocycles. The zero-order valence-corrected chi connectivity index (χ0v) is 14.2. The van der Waals surface area contributed by atoms with Gasteiger partial charge in [-0.3, -0.25) is 4.79 Å². The van der Waals surface area contributed by atoms with Crippen molar-refractivity contribution in [2.45, 2.75) is 38.8 Å². The molecule has 1 aromatic rings. The van der Waals surface area contributed by atoms with Crippen molar-refractivity contribution in [3.63, 3.8) is 0 Å². The number of nitrogens with one attached hydrogen (secondary N) is 1. The number of halogens is 1. The lowest BCUT2D eigenvalue weighted by Gasteiger charge is -2.58. The van der Waals surface area contributed by atoms with E-state index in [9.17, 15) is 19.1 Å². The number of methoxy groups -OCH3 is 1. The smallest absolute Gasteiger partial charge is 0.330 e. The van der Waals surface area contributed by atoms with Crippen molar-refractivity contribution in [3.05, 3.63) is 29.6 Å². The number of hydrogen-bond acceptors (Lipinski definition) is 4. The normalized spacial score (nSPS) is 24.8. The second-order valence-corrected chi connectivity index (χ2v) is 6.38. The van der Waals surface area contributed by atoms with Gasteiger partial charge in [0.05, 0.1) is 13.2 Å². The Balaban J connectivity index is 2.27. The quantitative estimate of drug-likeness (QED) is 0.830. The molecule has 6 nitrogen and oxygen atoms in total. The van der Waals surface area contributed by atoms with Crippen LogP contribution < -0.4 is 10.1 Å². The summed E-state index contributed by atoms with van der Waals surface area (Å²) in [5.74, 6) is -2.39. The number of carboxylic acid groups (broad SMARTS) is 1. The molecule has 1 fully saturated rings. The summed E-state index contributed by atoms with van der Waals surface area (Å²) < 4.78 is 23.9. The van der Waals surface area contributed by atoms with Crippen molar-refractivity contribution >= 4 is 11.9 Å². The van der Waals surface area contributed by atoms with Crippen LogP contribution in [0.15, 0.2) is 18.2 Å². The van der Waals surface area contributed by atoms with Crippen LogP contribution in [-0.2, 0) is 9.53 Å². The van der Waals surface area contributed by atoms with Crippen LogP contribution in [0.1, 0.15) is 37.6 Å². The molecule has 7 heteroatoms. The zero-order chi connectivity index (χ0) is 18.1. The van der Waals surface area contributed by atoms with E-state index >= 15 is 0 Å². The highest BCUT2D eigenvalue weighted by atomic mass is 19.1. The summed E-state index contributed by atoms with van der Waals surface area (Å²) in [6.07, 6.45) is -0.0885. The lowest BCUT2D eigenvalue weighted by Crippen LogP contribution is -2.76. The third-order valence-corrected chi connectivity index (χ3v) is 4.87. The van der Waals surface area contributed by atoms with Crippen molar-refractivity contribution in [2.24, 2.45) is 5.41 Å². The van der Waals surface area contributed by atoms with Crippen LogP contribution in [0.5, 0.6) is 5.75 Å². The van der Waals surface area contributed by atoms with E-state index in [0.29, 0.717) is 6.61 Å². The van der Waals surface area contributed by atoms with E-state index in [1.54, 1.807) is 13.8 Å². The first-order valence-electron chi connectivity index (χ1n) is 7.70. The maximum absolute atomic E-state index is 13.5. The van der Waals surface area contributed by atoms with Gasteiger partial charge in [-0.25, -0.2) is 9.18 Å². The molecule has 0 spiro atoms. The van der Waals surface area contributed by atoms with E-state index in [0.717, 1.165) is 6.07 Å². The summed E-state index contributed by atoms with van der Waals surface area (Å²) in [6.45, 7) is 5.79. The van der Waals surface area contributed by atoms with Gasteiger partial charge in [0.2, 0.25) is 0 Å². The molecule has 2 unspecified atom stereocenters. The van der Waals surface area contributed by atoms with Gasteiger partial charge in [0.15, 0.2) is 11.6 Å². The monoisotopic (exact) mass is 339 g/mol. The van der Waals surface area contributed by atoms with Gasteiger partial charge in [-0.15, -0.1) is 0 Å². The van der Waals surface area contributed by atoms with Gasteiger partial charge in [-0.2, -0.15) is 0 Å². The second kappa shape index (κ2) is 6.39. The Morgan fingerprint density at radius 1 is 1.42 bits per heavy atom. The molecule has 2 N–H and O–H groups in total. The summed E-state index contributed by atoms with van der Waals surface area (Å²) in [5, 5.41) is 12.3. The lowest BCUT2D eigenvalue weighted by atomic mass is 9.54. The number of ether oxygens (including phenoxy) is 2. The first kappa shape index (κ1) is 18.2. The first-order valence-corrected chi connectivity index (χ1v) is 7.70. The van der Waals surface area contributed by atoms with Gasteiger partial charge in [0.25, 0.3) is 5.91 Å². The molecule has 1 amide bonds. The van der Waals surface area contributed by atoms with Crippen LogP contribution >= 0.6 is 0 Å². The number of carbonyl (C=O) groups excluding carboxylic acids is 1. The molecule has 0 aromatic heterocycles. The van der Waals surface area contributed by atoms with Crippen molar-refractivity contribution < 1.29 is 28.6 Å². The molecule has 0 bridgehead atoms. The fraction of sp³-hybridized carbons (Fsp3) is 0.529. The summed E-state index contributed by atoms with van der Waals surface area (Å²) in [4.78, 5) is 24.4. The Kier molecular flexibility index (Phi) is 4.85. The molecule has 132 valence electrons. The third-order valence-electron chi connectivity index (χ3n) is 4.87. The minimum atomic E-state index is -1.44.